The molecular weight excluding hydrogens is 467 g/mol. The number of rotatable bonds is 4. The second kappa shape index (κ2) is 8.51. The Morgan fingerprint density at radius 2 is 1.85 bits per heavy atom. The van der Waals surface area contributed by atoms with E-state index in [4.69, 9.17) is 0 Å². The molecule has 11 heteroatoms. The summed E-state index contributed by atoms with van der Waals surface area (Å²) in [5, 5.41) is 7.39. The van der Waals surface area contributed by atoms with Crippen LogP contribution < -0.4 is 5.32 Å². The molecule has 2 fully saturated rings. The molecule has 1 unspecified atom stereocenters. The van der Waals surface area contributed by atoms with E-state index in [1.54, 1.807) is 24.3 Å². The number of amides is 3. The average molecular weight is 496 g/mol. The molecule has 1 aliphatic carbocycles. The number of aromatic nitrogens is 2. The second-order valence-electron chi connectivity index (χ2n) is 10.5. The number of fused-ring (bicyclic) bond motifs is 2. The first-order valence-corrected chi connectivity index (χ1v) is 11.9. The standard InChI is InChI=1S/C23H28F3N5O2S/c1-21(2)9-16-10-22(3,12-21)13-31(16)17(32)15-7-5-14(6-8-15)11-30(4)20(33)27-19-29-28-18(34-19)23(24,25)26/h5-8,16H,9-13H2,1-4H3,(H,27,29,33)/t16-,22?/m1/s1. The number of nitrogens with one attached hydrogen (secondary N) is 1. The summed E-state index contributed by atoms with van der Waals surface area (Å²) in [5.41, 5.74) is 1.78. The van der Waals surface area contributed by atoms with E-state index < -0.39 is 17.2 Å². The lowest BCUT2D eigenvalue weighted by Gasteiger charge is -2.39. The van der Waals surface area contributed by atoms with E-state index in [1.165, 1.54) is 11.9 Å². The summed E-state index contributed by atoms with van der Waals surface area (Å²) in [6.45, 7) is 7.79. The van der Waals surface area contributed by atoms with E-state index in [0.717, 1.165) is 31.4 Å². The van der Waals surface area contributed by atoms with Gasteiger partial charge < -0.3 is 9.80 Å². The van der Waals surface area contributed by atoms with Gasteiger partial charge in [-0.1, -0.05) is 44.2 Å². The highest BCUT2D eigenvalue weighted by atomic mass is 32.1. The van der Waals surface area contributed by atoms with Gasteiger partial charge in [0.15, 0.2) is 0 Å². The summed E-state index contributed by atoms with van der Waals surface area (Å²) in [6.07, 6.45) is -1.44. The van der Waals surface area contributed by atoms with Gasteiger partial charge in [-0.15, -0.1) is 10.2 Å². The minimum atomic E-state index is -4.60. The van der Waals surface area contributed by atoms with Crippen LogP contribution in [0, 0.1) is 10.8 Å². The Bertz CT molecular complexity index is 1090. The third kappa shape index (κ3) is 5.18. The lowest BCUT2D eigenvalue weighted by Crippen LogP contribution is -2.37. The molecule has 1 saturated heterocycles. The Balaban J connectivity index is 1.36. The summed E-state index contributed by atoms with van der Waals surface area (Å²) in [7, 11) is 1.52. The Labute approximate surface area is 200 Å². The Hall–Kier alpha value is -2.69. The highest BCUT2D eigenvalue weighted by Gasteiger charge is 2.51. The summed E-state index contributed by atoms with van der Waals surface area (Å²) in [5.74, 6) is 0.0285. The molecule has 2 aliphatic rings. The predicted octanol–water partition coefficient (Wildman–Crippen LogP) is 5.26. The van der Waals surface area contributed by atoms with Gasteiger partial charge in [-0.2, -0.15) is 13.2 Å². The van der Waals surface area contributed by atoms with Crippen LogP contribution in [0.1, 0.15) is 61.0 Å². The number of halogens is 3. The maximum Gasteiger partial charge on any atom is 0.445 e. The molecule has 2 aromatic rings. The molecule has 1 saturated carbocycles. The molecule has 1 aliphatic heterocycles. The topological polar surface area (TPSA) is 78.4 Å². The minimum Gasteiger partial charge on any atom is -0.335 e. The van der Waals surface area contributed by atoms with Crippen LogP contribution in [0.5, 0.6) is 0 Å². The van der Waals surface area contributed by atoms with Gasteiger partial charge in [0.25, 0.3) is 5.91 Å². The number of urea groups is 1. The van der Waals surface area contributed by atoms with Crippen molar-refractivity contribution in [1.82, 2.24) is 20.0 Å². The molecule has 3 amide bonds. The maximum atomic E-state index is 13.2. The normalized spacial score (nSPS) is 23.6. The molecule has 1 N–H and O–H groups in total. The van der Waals surface area contributed by atoms with Gasteiger partial charge >= 0.3 is 12.2 Å². The molecular formula is C23H28F3N5O2S. The van der Waals surface area contributed by atoms with Crippen molar-refractivity contribution >= 4 is 28.4 Å². The van der Waals surface area contributed by atoms with E-state index >= 15 is 0 Å². The van der Waals surface area contributed by atoms with E-state index in [9.17, 15) is 22.8 Å². The first kappa shape index (κ1) is 24.4. The first-order chi connectivity index (χ1) is 15.7. The summed E-state index contributed by atoms with van der Waals surface area (Å²) in [6, 6.07) is 6.76. The molecule has 0 spiro atoms. The third-order valence-corrected chi connectivity index (χ3v) is 7.41. The fourth-order valence-corrected chi connectivity index (χ4v) is 6.14. The van der Waals surface area contributed by atoms with Crippen molar-refractivity contribution in [1.29, 1.82) is 0 Å². The summed E-state index contributed by atoms with van der Waals surface area (Å²) >= 11 is 0.267. The van der Waals surface area contributed by atoms with Gasteiger partial charge in [0.1, 0.15) is 0 Å². The van der Waals surface area contributed by atoms with Gasteiger partial charge in [-0.05, 0) is 47.8 Å². The van der Waals surface area contributed by atoms with Crippen LogP contribution in [-0.2, 0) is 12.7 Å². The molecule has 1 aromatic heterocycles. The van der Waals surface area contributed by atoms with E-state index in [2.05, 4.69) is 36.3 Å². The molecule has 2 bridgehead atoms. The smallest absolute Gasteiger partial charge is 0.335 e. The summed E-state index contributed by atoms with van der Waals surface area (Å²) in [4.78, 5) is 28.9. The highest BCUT2D eigenvalue weighted by Crippen LogP contribution is 2.52. The number of alkyl halides is 3. The van der Waals surface area contributed by atoms with Crippen LogP contribution in [0.25, 0.3) is 0 Å². The van der Waals surface area contributed by atoms with Crippen LogP contribution in [0.15, 0.2) is 24.3 Å². The number of carbonyl (C=O) groups is 2. The van der Waals surface area contributed by atoms with Crippen molar-refractivity contribution < 1.29 is 22.8 Å². The average Bonchev–Trinajstić information content (AvgIpc) is 3.29. The fourth-order valence-electron chi connectivity index (χ4n) is 5.54. The van der Waals surface area contributed by atoms with E-state index in [0.29, 0.717) is 5.56 Å². The van der Waals surface area contributed by atoms with Crippen molar-refractivity contribution in [3.05, 3.63) is 40.4 Å². The van der Waals surface area contributed by atoms with Crippen molar-refractivity contribution in [2.45, 2.75) is 58.8 Å². The third-order valence-electron chi connectivity index (χ3n) is 6.52. The van der Waals surface area contributed by atoms with Gasteiger partial charge in [0.05, 0.1) is 0 Å². The Morgan fingerprint density at radius 3 is 2.47 bits per heavy atom. The van der Waals surface area contributed by atoms with Gasteiger partial charge in [0, 0.05) is 31.7 Å². The van der Waals surface area contributed by atoms with E-state index in [1.807, 2.05) is 4.90 Å². The highest BCUT2D eigenvalue weighted by molar-refractivity contribution is 7.15. The number of hydrogen-bond donors (Lipinski definition) is 1. The zero-order chi connectivity index (χ0) is 24.9. The first-order valence-electron chi connectivity index (χ1n) is 11.1. The van der Waals surface area contributed by atoms with Crippen molar-refractivity contribution in [3.63, 3.8) is 0 Å². The summed E-state index contributed by atoms with van der Waals surface area (Å²) < 4.78 is 37.9. The maximum absolute atomic E-state index is 13.2. The molecule has 184 valence electrons. The predicted molar refractivity (Wildman–Crippen MR) is 122 cm³/mol. The Kier molecular flexibility index (Phi) is 6.12. The number of benzene rings is 1. The zero-order valence-electron chi connectivity index (χ0n) is 19.6. The number of anilines is 1. The number of likely N-dealkylation sites (tertiary alicyclic amines) is 1. The number of hydrogen-bond acceptors (Lipinski definition) is 5. The monoisotopic (exact) mass is 495 g/mol. The van der Waals surface area contributed by atoms with Gasteiger partial charge in [-0.3, -0.25) is 10.1 Å². The van der Waals surface area contributed by atoms with Crippen LogP contribution in [0.4, 0.5) is 23.1 Å². The Morgan fingerprint density at radius 1 is 1.18 bits per heavy atom. The van der Waals surface area contributed by atoms with Gasteiger partial charge in [-0.25, -0.2) is 4.79 Å². The second-order valence-corrected chi connectivity index (χ2v) is 11.5. The quantitative estimate of drug-likeness (QED) is 0.628. The van der Waals surface area contributed by atoms with Crippen LogP contribution in [-0.4, -0.2) is 51.6 Å². The van der Waals surface area contributed by atoms with Crippen LogP contribution in [0.3, 0.4) is 0 Å². The van der Waals surface area contributed by atoms with Crippen molar-refractivity contribution in [3.8, 4) is 0 Å². The molecule has 2 atom stereocenters. The lowest BCUT2D eigenvalue weighted by atomic mass is 9.65. The van der Waals surface area contributed by atoms with Crippen molar-refractivity contribution in [2.24, 2.45) is 10.8 Å². The van der Waals surface area contributed by atoms with Crippen LogP contribution >= 0.6 is 11.3 Å². The van der Waals surface area contributed by atoms with Gasteiger partial charge in [0.2, 0.25) is 10.1 Å². The molecule has 4 rings (SSSR count). The molecule has 0 radical (unpaired) electrons. The largest absolute Gasteiger partial charge is 0.445 e. The molecule has 34 heavy (non-hydrogen) atoms. The fraction of sp³-hybridized carbons (Fsp3) is 0.565. The molecule has 7 nitrogen and oxygen atoms in total. The number of nitrogens with zero attached hydrogens (tertiary/aromatic N) is 4. The minimum absolute atomic E-state index is 0.0285. The lowest BCUT2D eigenvalue weighted by molar-refractivity contribution is -0.138. The van der Waals surface area contributed by atoms with E-state index in [-0.39, 0.29) is 45.8 Å². The number of carbonyl (C=O) groups excluding carboxylic acids is 2. The zero-order valence-corrected chi connectivity index (χ0v) is 20.4. The molecule has 2 heterocycles. The van der Waals surface area contributed by atoms with Crippen molar-refractivity contribution in [2.75, 3.05) is 18.9 Å². The van der Waals surface area contributed by atoms with Crippen LogP contribution in [0.2, 0.25) is 0 Å². The molecule has 1 aromatic carbocycles. The SMILES string of the molecule is CN(Cc1ccc(C(=O)N2CC3(C)C[C@H]2CC(C)(C)C3)cc1)C(=O)Nc1nnc(C(F)(F)F)s1.